The molecule has 2 aromatic rings. The number of alkyl halides is 1. The van der Waals surface area contributed by atoms with E-state index in [4.69, 9.17) is 4.84 Å². The first kappa shape index (κ1) is 14.0. The van der Waals surface area contributed by atoms with Gasteiger partial charge in [-0.1, -0.05) is 32.9 Å². The van der Waals surface area contributed by atoms with Gasteiger partial charge in [-0.3, -0.25) is 0 Å². The lowest BCUT2D eigenvalue weighted by Crippen LogP contribution is -2.31. The molecule has 0 N–H and O–H groups in total. The number of benzene rings is 1. The highest BCUT2D eigenvalue weighted by atomic mass is 79.9. The van der Waals surface area contributed by atoms with Crippen LogP contribution in [0.2, 0.25) is 0 Å². The molecule has 0 saturated carbocycles. The van der Waals surface area contributed by atoms with Crippen LogP contribution < -0.4 is 4.84 Å². The second kappa shape index (κ2) is 5.28. The van der Waals surface area contributed by atoms with Crippen molar-refractivity contribution in [1.29, 1.82) is 0 Å². The molecule has 0 saturated heterocycles. The van der Waals surface area contributed by atoms with Crippen molar-refractivity contribution < 1.29 is 9.63 Å². The summed E-state index contributed by atoms with van der Waals surface area (Å²) in [6.45, 7) is 5.39. The van der Waals surface area contributed by atoms with E-state index in [-0.39, 0.29) is 5.97 Å². The number of carbonyl (C=O) groups excluding carboxylic acids is 1. The van der Waals surface area contributed by atoms with Crippen molar-refractivity contribution in [2.75, 3.05) is 5.33 Å². The number of hydrogen-bond donors (Lipinski definition) is 0. The van der Waals surface area contributed by atoms with Gasteiger partial charge in [0.25, 0.3) is 0 Å². The Morgan fingerprint density at radius 3 is 2.79 bits per heavy atom. The zero-order valence-electron chi connectivity index (χ0n) is 11.2. The number of aryl methyl sites for hydroxylation is 1. The summed E-state index contributed by atoms with van der Waals surface area (Å²) < 4.78 is 0. The number of fused-ring (bicyclic) bond motifs is 1. The Hall–Kier alpha value is -1.43. The van der Waals surface area contributed by atoms with E-state index in [1.54, 1.807) is 20.8 Å². The van der Waals surface area contributed by atoms with Crippen molar-refractivity contribution in [2.45, 2.75) is 27.2 Å². The highest BCUT2D eigenvalue weighted by molar-refractivity contribution is 9.09. The van der Waals surface area contributed by atoms with E-state index in [2.05, 4.69) is 26.2 Å². The third-order valence-corrected chi connectivity index (χ3v) is 3.07. The third-order valence-electron chi connectivity index (χ3n) is 2.68. The molecule has 0 aliphatic rings. The third kappa shape index (κ3) is 2.94. The van der Waals surface area contributed by atoms with Crippen LogP contribution in [-0.4, -0.2) is 26.5 Å². The molecule has 0 fully saturated rings. The molecular weight excluding hydrogens is 310 g/mol. The van der Waals surface area contributed by atoms with Crippen molar-refractivity contribution >= 4 is 32.9 Å². The fraction of sp³-hybridized carbons (Fsp3) is 0.462. The largest absolute Gasteiger partial charge is 0.340 e. The van der Waals surface area contributed by atoms with Crippen LogP contribution in [0.15, 0.2) is 18.2 Å². The van der Waals surface area contributed by atoms with Gasteiger partial charge < -0.3 is 4.84 Å². The monoisotopic (exact) mass is 325 g/mol. The zero-order valence-corrected chi connectivity index (χ0v) is 12.8. The Labute approximate surface area is 120 Å². The van der Waals surface area contributed by atoms with E-state index >= 15 is 0 Å². The average molecular weight is 326 g/mol. The molecule has 19 heavy (non-hydrogen) atoms. The first-order valence-electron chi connectivity index (χ1n) is 6.05. The molecule has 2 rings (SSSR count). The van der Waals surface area contributed by atoms with Crippen molar-refractivity contribution in [3.8, 4) is 0 Å². The highest BCUT2D eigenvalue weighted by Gasteiger charge is 2.25. The number of hydrogen-bond acceptors (Lipinski definition) is 4. The Bertz CT molecular complexity index is 601. The van der Waals surface area contributed by atoms with Gasteiger partial charge in [0.1, 0.15) is 11.0 Å². The summed E-state index contributed by atoms with van der Waals surface area (Å²) in [5.41, 5.74) is 1.97. The van der Waals surface area contributed by atoms with Gasteiger partial charge >= 0.3 is 5.97 Å². The summed E-state index contributed by atoms with van der Waals surface area (Å²) >= 11 is 3.40. The number of nitrogens with zero attached hydrogens (tertiary/aromatic N) is 3. The fourth-order valence-electron chi connectivity index (χ4n) is 1.57. The summed E-state index contributed by atoms with van der Waals surface area (Å²) in [5.74, 6) is -0.342. The standard InChI is InChI=1S/C13H16BrN3O2/c1-13(2,3)12(18)19-17-10-6-4-5-9(7-8-14)11(10)15-16-17/h4-6H,7-8H2,1-3H3. The van der Waals surface area contributed by atoms with Crippen LogP contribution in [0.25, 0.3) is 11.0 Å². The minimum atomic E-state index is -0.578. The van der Waals surface area contributed by atoms with Gasteiger partial charge in [-0.25, -0.2) is 4.79 Å². The van der Waals surface area contributed by atoms with Crippen LogP contribution in [0.4, 0.5) is 0 Å². The number of halogens is 1. The number of carbonyl (C=O) groups is 1. The van der Waals surface area contributed by atoms with Crippen LogP contribution in [-0.2, 0) is 11.2 Å². The first-order valence-corrected chi connectivity index (χ1v) is 7.17. The molecule has 0 amide bonds. The molecule has 0 unspecified atom stereocenters. The maximum atomic E-state index is 11.9. The molecule has 1 aromatic heterocycles. The van der Waals surface area contributed by atoms with Crippen LogP contribution in [0.1, 0.15) is 26.3 Å². The molecule has 1 aromatic carbocycles. The molecule has 102 valence electrons. The van der Waals surface area contributed by atoms with Crippen molar-refractivity contribution in [2.24, 2.45) is 5.41 Å². The Morgan fingerprint density at radius 1 is 1.42 bits per heavy atom. The molecule has 6 heteroatoms. The van der Waals surface area contributed by atoms with Gasteiger partial charge in [0.05, 0.1) is 5.41 Å². The topological polar surface area (TPSA) is 57.0 Å². The molecule has 0 atom stereocenters. The smallest absolute Gasteiger partial charge is 0.317 e. The quantitative estimate of drug-likeness (QED) is 0.642. The minimum Gasteiger partial charge on any atom is -0.317 e. The highest BCUT2D eigenvalue weighted by Crippen LogP contribution is 2.18. The number of aromatic nitrogens is 3. The van der Waals surface area contributed by atoms with Gasteiger partial charge in [0, 0.05) is 5.33 Å². The molecule has 0 aliphatic heterocycles. The summed E-state index contributed by atoms with van der Waals surface area (Å²) in [6, 6.07) is 5.74. The molecular formula is C13H16BrN3O2. The maximum absolute atomic E-state index is 11.9. The van der Waals surface area contributed by atoms with Gasteiger partial charge in [0.15, 0.2) is 0 Å². The van der Waals surface area contributed by atoms with Crippen LogP contribution in [0, 0.1) is 5.41 Å². The predicted octanol–water partition coefficient (Wildman–Crippen LogP) is 2.37. The van der Waals surface area contributed by atoms with Gasteiger partial charge in [0.2, 0.25) is 0 Å². The van der Waals surface area contributed by atoms with Gasteiger partial charge in [-0.2, -0.15) is 0 Å². The van der Waals surface area contributed by atoms with E-state index in [0.717, 1.165) is 22.8 Å². The Morgan fingerprint density at radius 2 is 2.16 bits per heavy atom. The maximum Gasteiger partial charge on any atom is 0.340 e. The van der Waals surface area contributed by atoms with E-state index in [0.29, 0.717) is 5.52 Å². The predicted molar refractivity (Wildman–Crippen MR) is 76.1 cm³/mol. The molecule has 1 heterocycles. The van der Waals surface area contributed by atoms with Crippen LogP contribution >= 0.6 is 15.9 Å². The molecule has 0 bridgehead atoms. The number of rotatable bonds is 3. The second-order valence-electron chi connectivity index (χ2n) is 5.31. The average Bonchev–Trinajstić information content (AvgIpc) is 2.73. The molecule has 0 radical (unpaired) electrons. The van der Waals surface area contributed by atoms with E-state index in [1.165, 1.54) is 4.85 Å². The van der Waals surface area contributed by atoms with Crippen molar-refractivity contribution in [3.05, 3.63) is 23.8 Å². The van der Waals surface area contributed by atoms with Gasteiger partial charge in [-0.05, 0) is 44.0 Å². The molecule has 0 aliphatic carbocycles. The lowest BCUT2D eigenvalue weighted by Gasteiger charge is -2.15. The summed E-state index contributed by atoms with van der Waals surface area (Å²) in [4.78, 5) is 18.3. The minimum absolute atomic E-state index is 0.342. The normalized spacial score (nSPS) is 11.8. The summed E-state index contributed by atoms with van der Waals surface area (Å²) in [7, 11) is 0. The van der Waals surface area contributed by atoms with Crippen LogP contribution in [0.5, 0.6) is 0 Å². The Balaban J connectivity index is 2.36. The second-order valence-corrected chi connectivity index (χ2v) is 6.11. The summed E-state index contributed by atoms with van der Waals surface area (Å²) in [6.07, 6.45) is 0.850. The van der Waals surface area contributed by atoms with Crippen molar-refractivity contribution in [1.82, 2.24) is 15.2 Å². The molecule has 5 nitrogen and oxygen atoms in total. The Kier molecular flexibility index (Phi) is 3.89. The van der Waals surface area contributed by atoms with E-state index in [9.17, 15) is 4.79 Å². The van der Waals surface area contributed by atoms with Crippen LogP contribution in [0.3, 0.4) is 0 Å². The zero-order chi connectivity index (χ0) is 14.0. The fourth-order valence-corrected chi connectivity index (χ4v) is 1.99. The van der Waals surface area contributed by atoms with E-state index in [1.807, 2.05) is 18.2 Å². The van der Waals surface area contributed by atoms with Crippen molar-refractivity contribution in [3.63, 3.8) is 0 Å². The van der Waals surface area contributed by atoms with E-state index < -0.39 is 5.41 Å². The first-order chi connectivity index (χ1) is 8.93. The summed E-state index contributed by atoms with van der Waals surface area (Å²) in [5, 5.41) is 8.84. The van der Waals surface area contributed by atoms with Gasteiger partial charge in [-0.15, -0.1) is 5.10 Å². The lowest BCUT2D eigenvalue weighted by molar-refractivity contribution is -0.154. The lowest BCUT2D eigenvalue weighted by atomic mass is 9.98. The SMILES string of the molecule is CC(C)(C)C(=O)On1nnc2c(CCBr)cccc21. The molecule has 0 spiro atoms.